The molecule has 0 saturated carbocycles. The standard InChI is InChI=1S/C17H26BN4O/c1-7-18-14-8-16(20-12-22(5)6)15(10-19)17(9-14)23-13(2)11-21(3)4/h8-9,12-13H,7,11H2,1-6H3/t13-/m1/s1. The molecule has 0 aliphatic heterocycles. The number of nitrogens with zero attached hydrogens (tertiary/aromatic N) is 4. The second-order valence-corrected chi connectivity index (χ2v) is 6.04. The van der Waals surface area contributed by atoms with Crippen LogP contribution in [0.5, 0.6) is 5.75 Å². The van der Waals surface area contributed by atoms with Gasteiger partial charge in [-0.2, -0.15) is 5.26 Å². The zero-order valence-electron chi connectivity index (χ0n) is 15.0. The Morgan fingerprint density at radius 3 is 2.57 bits per heavy atom. The number of nitriles is 1. The van der Waals surface area contributed by atoms with Crippen molar-refractivity contribution in [1.29, 1.82) is 5.26 Å². The Hall–Kier alpha value is -2.00. The summed E-state index contributed by atoms with van der Waals surface area (Å²) in [5.41, 5.74) is 2.13. The highest BCUT2D eigenvalue weighted by Gasteiger charge is 2.15. The molecule has 1 aromatic carbocycles. The molecule has 23 heavy (non-hydrogen) atoms. The van der Waals surface area contributed by atoms with Gasteiger partial charge in [-0.1, -0.05) is 18.7 Å². The molecule has 0 bridgehead atoms. The molecule has 0 aliphatic carbocycles. The van der Waals surface area contributed by atoms with Crippen molar-refractivity contribution in [1.82, 2.24) is 9.80 Å². The van der Waals surface area contributed by atoms with Gasteiger partial charge in [0.05, 0.1) is 12.0 Å². The summed E-state index contributed by atoms with van der Waals surface area (Å²) in [6.07, 6.45) is 2.59. The first-order chi connectivity index (χ1) is 10.9. The molecule has 0 saturated heterocycles. The highest BCUT2D eigenvalue weighted by atomic mass is 16.5. The first kappa shape index (κ1) is 19.1. The Morgan fingerprint density at radius 2 is 2.04 bits per heavy atom. The van der Waals surface area contributed by atoms with Crippen LogP contribution in [-0.2, 0) is 0 Å². The van der Waals surface area contributed by atoms with Crippen LogP contribution in [0.4, 0.5) is 5.69 Å². The third-order valence-electron chi connectivity index (χ3n) is 3.03. The first-order valence-electron chi connectivity index (χ1n) is 7.80. The van der Waals surface area contributed by atoms with E-state index in [-0.39, 0.29) is 6.10 Å². The van der Waals surface area contributed by atoms with Gasteiger partial charge in [0, 0.05) is 20.6 Å². The summed E-state index contributed by atoms with van der Waals surface area (Å²) in [4.78, 5) is 8.32. The molecule has 0 aliphatic rings. The van der Waals surface area contributed by atoms with Crippen molar-refractivity contribution in [2.75, 3.05) is 34.7 Å². The molecule has 0 fully saturated rings. The smallest absolute Gasteiger partial charge is 0.151 e. The monoisotopic (exact) mass is 313 g/mol. The maximum Gasteiger partial charge on any atom is 0.151 e. The van der Waals surface area contributed by atoms with Gasteiger partial charge in [-0.05, 0) is 33.2 Å². The van der Waals surface area contributed by atoms with Crippen LogP contribution < -0.4 is 10.2 Å². The summed E-state index contributed by atoms with van der Waals surface area (Å²) in [6, 6.07) is 6.07. The molecule has 6 heteroatoms. The lowest BCUT2D eigenvalue weighted by atomic mass is 9.67. The SMILES string of the molecule is CC[B]c1cc(N=CN(C)C)c(C#N)c(O[C@H](C)CN(C)C)c1. The first-order valence-corrected chi connectivity index (χ1v) is 7.80. The second kappa shape index (κ2) is 9.21. The number of ether oxygens (including phenoxy) is 1. The van der Waals surface area contributed by atoms with Gasteiger partial charge in [-0.25, -0.2) is 4.99 Å². The third-order valence-corrected chi connectivity index (χ3v) is 3.03. The van der Waals surface area contributed by atoms with Crippen molar-refractivity contribution in [3.63, 3.8) is 0 Å². The number of hydrogen-bond acceptors (Lipinski definition) is 4. The van der Waals surface area contributed by atoms with Crippen LogP contribution in [0.25, 0.3) is 0 Å². The van der Waals surface area contributed by atoms with E-state index in [1.54, 1.807) is 6.34 Å². The molecule has 0 heterocycles. The number of rotatable bonds is 8. The number of hydrogen-bond donors (Lipinski definition) is 0. The fourth-order valence-corrected chi connectivity index (χ4v) is 2.23. The summed E-state index contributed by atoms with van der Waals surface area (Å²) < 4.78 is 6.01. The minimum atomic E-state index is -0.0142. The van der Waals surface area contributed by atoms with E-state index in [0.29, 0.717) is 17.0 Å². The quantitative estimate of drug-likeness (QED) is 0.418. The van der Waals surface area contributed by atoms with E-state index in [0.717, 1.165) is 18.3 Å². The summed E-state index contributed by atoms with van der Waals surface area (Å²) in [7, 11) is 9.89. The predicted octanol–water partition coefficient (Wildman–Crippen LogP) is 1.88. The lowest BCUT2D eigenvalue weighted by molar-refractivity contribution is 0.176. The van der Waals surface area contributed by atoms with Crippen molar-refractivity contribution in [3.05, 3.63) is 17.7 Å². The summed E-state index contributed by atoms with van der Waals surface area (Å²) in [5.74, 6) is 0.593. The van der Waals surface area contributed by atoms with Crippen molar-refractivity contribution in [2.24, 2.45) is 4.99 Å². The number of aliphatic imine (C=N–C) groups is 1. The molecule has 0 amide bonds. The van der Waals surface area contributed by atoms with Crippen molar-refractivity contribution in [2.45, 2.75) is 26.3 Å². The molecule has 5 nitrogen and oxygen atoms in total. The Morgan fingerprint density at radius 1 is 1.35 bits per heavy atom. The van der Waals surface area contributed by atoms with Crippen molar-refractivity contribution < 1.29 is 4.74 Å². The van der Waals surface area contributed by atoms with Crippen LogP contribution in [0.15, 0.2) is 17.1 Å². The van der Waals surface area contributed by atoms with Gasteiger partial charge >= 0.3 is 0 Å². The minimum Gasteiger partial charge on any atom is -0.488 e. The molecular weight excluding hydrogens is 287 g/mol. The van der Waals surface area contributed by atoms with Gasteiger partial charge in [0.2, 0.25) is 0 Å². The van der Waals surface area contributed by atoms with Gasteiger partial charge in [-0.15, -0.1) is 0 Å². The van der Waals surface area contributed by atoms with Crippen LogP contribution in [-0.4, -0.2) is 64.3 Å². The third kappa shape index (κ3) is 6.33. The average Bonchev–Trinajstić information content (AvgIpc) is 2.44. The zero-order chi connectivity index (χ0) is 17.4. The van der Waals surface area contributed by atoms with Crippen LogP contribution in [0.2, 0.25) is 6.32 Å². The topological polar surface area (TPSA) is 51.9 Å². The zero-order valence-corrected chi connectivity index (χ0v) is 15.0. The molecule has 1 rings (SSSR count). The Balaban J connectivity index is 3.22. The molecular formula is C17H26BN4O. The number of likely N-dealkylation sites (N-methyl/N-ethyl adjacent to an activating group) is 1. The maximum absolute atomic E-state index is 9.54. The van der Waals surface area contributed by atoms with Crippen LogP contribution in [0.1, 0.15) is 19.4 Å². The maximum atomic E-state index is 9.54. The largest absolute Gasteiger partial charge is 0.488 e. The van der Waals surface area contributed by atoms with E-state index in [4.69, 9.17) is 4.74 Å². The summed E-state index contributed by atoms with van der Waals surface area (Å²) >= 11 is 0. The Bertz CT molecular complexity index is 579. The van der Waals surface area contributed by atoms with Crippen LogP contribution >= 0.6 is 0 Å². The van der Waals surface area contributed by atoms with Crippen LogP contribution in [0, 0.1) is 11.3 Å². The van der Waals surface area contributed by atoms with Gasteiger partial charge in [0.1, 0.15) is 23.5 Å². The fraction of sp³-hybridized carbons (Fsp3) is 0.529. The lowest BCUT2D eigenvalue weighted by Crippen LogP contribution is -2.28. The minimum absolute atomic E-state index is 0.0142. The number of benzene rings is 1. The molecule has 123 valence electrons. The average molecular weight is 313 g/mol. The lowest BCUT2D eigenvalue weighted by Gasteiger charge is -2.20. The molecule has 0 unspecified atom stereocenters. The normalized spacial score (nSPS) is 12.3. The second-order valence-electron chi connectivity index (χ2n) is 6.04. The predicted molar refractivity (Wildman–Crippen MR) is 97.5 cm³/mol. The van der Waals surface area contributed by atoms with Crippen molar-refractivity contribution in [3.8, 4) is 11.8 Å². The van der Waals surface area contributed by atoms with E-state index in [2.05, 4.69) is 30.2 Å². The van der Waals surface area contributed by atoms with Gasteiger partial charge in [-0.3, -0.25) is 0 Å². The molecule has 1 atom stereocenters. The molecule has 0 aromatic heterocycles. The Labute approximate surface area is 140 Å². The van der Waals surface area contributed by atoms with Gasteiger partial charge < -0.3 is 14.5 Å². The molecule has 0 spiro atoms. The van der Waals surface area contributed by atoms with E-state index >= 15 is 0 Å². The Kier molecular flexibility index (Phi) is 7.63. The molecule has 0 N–H and O–H groups in total. The summed E-state index contributed by atoms with van der Waals surface area (Å²) in [6.45, 7) is 4.86. The molecule has 1 aromatic rings. The summed E-state index contributed by atoms with van der Waals surface area (Å²) in [5, 5.41) is 9.54. The van der Waals surface area contributed by atoms with E-state index in [9.17, 15) is 5.26 Å². The van der Waals surface area contributed by atoms with Gasteiger partial charge in [0.15, 0.2) is 7.28 Å². The van der Waals surface area contributed by atoms with E-state index < -0.39 is 0 Å². The highest BCUT2D eigenvalue weighted by Crippen LogP contribution is 2.27. The highest BCUT2D eigenvalue weighted by molar-refractivity contribution is 6.53. The molecule has 1 radical (unpaired) electrons. The van der Waals surface area contributed by atoms with E-state index in [1.807, 2.05) is 52.1 Å². The fourth-order valence-electron chi connectivity index (χ4n) is 2.23. The van der Waals surface area contributed by atoms with Crippen LogP contribution in [0.3, 0.4) is 0 Å². The van der Waals surface area contributed by atoms with E-state index in [1.165, 1.54) is 0 Å². The van der Waals surface area contributed by atoms with Gasteiger partial charge in [0.25, 0.3) is 0 Å². The van der Waals surface area contributed by atoms with Crippen molar-refractivity contribution >= 4 is 24.8 Å².